The maximum Gasteiger partial charge on any atom is 0.339 e. The van der Waals surface area contributed by atoms with Crippen molar-refractivity contribution < 1.29 is 28.3 Å². The van der Waals surface area contributed by atoms with Crippen LogP contribution in [0, 0.1) is 15.9 Å². The number of rotatable bonds is 6. The van der Waals surface area contributed by atoms with Gasteiger partial charge in [-0.05, 0) is 35.2 Å². The summed E-state index contributed by atoms with van der Waals surface area (Å²) in [6.45, 7) is -0.0332. The number of hydrogen-bond acceptors (Lipinski definition) is 7. The number of esters is 1. The van der Waals surface area contributed by atoms with Gasteiger partial charge in [0.15, 0.2) is 6.79 Å². The summed E-state index contributed by atoms with van der Waals surface area (Å²) in [5.74, 6) is -0.569. The number of benzene rings is 2. The van der Waals surface area contributed by atoms with Crippen LogP contribution in [0.2, 0.25) is 0 Å². The molecule has 0 aliphatic carbocycles. The zero-order valence-electron chi connectivity index (χ0n) is 16.1. The number of ether oxygens (including phenoxy) is 3. The molecule has 0 bridgehead atoms. The van der Waals surface area contributed by atoms with Gasteiger partial charge in [0.25, 0.3) is 5.69 Å². The minimum Gasteiger partial charge on any atom is -0.467 e. The standard InChI is InChI=1S/C22H16FNO6S/c23-17-5-3-14(4-6-17)8-19(20-2-1-7-31-20)22(25)29-12-16-10-18(24(26)27)9-15-11-28-13-30-21(15)16/h1-10H,11-13H2. The third-order valence-electron chi connectivity index (χ3n) is 4.53. The molecule has 2 aromatic carbocycles. The van der Waals surface area contributed by atoms with Crippen LogP contribution >= 0.6 is 11.3 Å². The lowest BCUT2D eigenvalue weighted by molar-refractivity contribution is -0.385. The number of carbonyl (C=O) groups is 1. The highest BCUT2D eigenvalue weighted by Crippen LogP contribution is 2.33. The molecule has 1 aliphatic heterocycles. The van der Waals surface area contributed by atoms with E-state index in [4.69, 9.17) is 14.2 Å². The van der Waals surface area contributed by atoms with E-state index in [-0.39, 0.29) is 31.5 Å². The summed E-state index contributed by atoms with van der Waals surface area (Å²) >= 11 is 1.36. The topological polar surface area (TPSA) is 87.9 Å². The van der Waals surface area contributed by atoms with Gasteiger partial charge in [0.2, 0.25) is 0 Å². The Balaban J connectivity index is 1.61. The van der Waals surface area contributed by atoms with Crippen molar-refractivity contribution in [3.05, 3.63) is 91.4 Å². The van der Waals surface area contributed by atoms with Crippen LogP contribution in [0.4, 0.5) is 10.1 Å². The number of hydrogen-bond donors (Lipinski definition) is 0. The van der Waals surface area contributed by atoms with Crippen molar-refractivity contribution in [2.75, 3.05) is 6.79 Å². The van der Waals surface area contributed by atoms with Crippen LogP contribution in [-0.2, 0) is 27.5 Å². The van der Waals surface area contributed by atoms with Crippen molar-refractivity contribution in [2.45, 2.75) is 13.2 Å². The molecule has 0 radical (unpaired) electrons. The molecule has 0 amide bonds. The maximum atomic E-state index is 13.2. The summed E-state index contributed by atoms with van der Waals surface area (Å²) in [6.07, 6.45) is 1.61. The first-order chi connectivity index (χ1) is 15.0. The van der Waals surface area contributed by atoms with Crippen molar-refractivity contribution in [3.63, 3.8) is 0 Å². The molecule has 0 N–H and O–H groups in total. The Labute approximate surface area is 180 Å². The normalized spacial score (nSPS) is 13.3. The van der Waals surface area contributed by atoms with Gasteiger partial charge in [-0.3, -0.25) is 10.1 Å². The lowest BCUT2D eigenvalue weighted by Crippen LogP contribution is -2.15. The highest BCUT2D eigenvalue weighted by atomic mass is 32.1. The van der Waals surface area contributed by atoms with Gasteiger partial charge in [0.1, 0.15) is 18.2 Å². The molecule has 4 rings (SSSR count). The number of nitro benzene ring substituents is 1. The van der Waals surface area contributed by atoms with Crippen LogP contribution < -0.4 is 4.74 Å². The van der Waals surface area contributed by atoms with Gasteiger partial charge >= 0.3 is 5.97 Å². The van der Waals surface area contributed by atoms with Crippen molar-refractivity contribution in [3.8, 4) is 5.75 Å². The van der Waals surface area contributed by atoms with Crippen molar-refractivity contribution in [2.24, 2.45) is 0 Å². The number of thiophene rings is 1. The van der Waals surface area contributed by atoms with Crippen molar-refractivity contribution in [1.82, 2.24) is 0 Å². The number of halogens is 1. The maximum absolute atomic E-state index is 13.2. The summed E-state index contributed by atoms with van der Waals surface area (Å²) in [5.41, 5.74) is 1.69. The molecule has 0 unspecified atom stereocenters. The van der Waals surface area contributed by atoms with Gasteiger partial charge in [0, 0.05) is 28.1 Å². The van der Waals surface area contributed by atoms with E-state index in [1.165, 1.54) is 35.6 Å². The molecule has 0 spiro atoms. The lowest BCUT2D eigenvalue weighted by atomic mass is 10.1. The second-order valence-electron chi connectivity index (χ2n) is 6.62. The summed E-state index contributed by atoms with van der Waals surface area (Å²) in [4.78, 5) is 24.3. The number of nitrogens with zero attached hydrogens (tertiary/aromatic N) is 1. The van der Waals surface area contributed by atoms with Crippen LogP contribution in [0.3, 0.4) is 0 Å². The summed E-state index contributed by atoms with van der Waals surface area (Å²) < 4.78 is 29.4. The van der Waals surface area contributed by atoms with E-state index >= 15 is 0 Å². The van der Waals surface area contributed by atoms with Gasteiger partial charge in [-0.15, -0.1) is 11.3 Å². The molecule has 1 aliphatic rings. The zero-order chi connectivity index (χ0) is 21.8. The Hall–Kier alpha value is -3.56. The Kier molecular flexibility index (Phi) is 6.06. The van der Waals surface area contributed by atoms with Gasteiger partial charge in [-0.2, -0.15) is 0 Å². The largest absolute Gasteiger partial charge is 0.467 e. The SMILES string of the molecule is O=C(OCc1cc([N+](=O)[O-])cc2c1OCOC2)C(=Cc1ccc(F)cc1)c1cccs1. The van der Waals surface area contributed by atoms with Crippen LogP contribution in [0.5, 0.6) is 5.75 Å². The molecular formula is C22H16FNO6S. The van der Waals surface area contributed by atoms with Crippen LogP contribution in [0.15, 0.2) is 53.9 Å². The molecule has 9 heteroatoms. The molecule has 31 heavy (non-hydrogen) atoms. The number of fused-ring (bicyclic) bond motifs is 1. The average molecular weight is 441 g/mol. The molecule has 0 saturated carbocycles. The third kappa shape index (κ3) is 4.79. The Morgan fingerprint density at radius 1 is 1.26 bits per heavy atom. The van der Waals surface area contributed by atoms with Crippen LogP contribution in [-0.4, -0.2) is 17.7 Å². The first-order valence-corrected chi connectivity index (χ1v) is 10.1. The molecule has 1 aromatic heterocycles. The lowest BCUT2D eigenvalue weighted by Gasteiger charge is -2.20. The van der Waals surface area contributed by atoms with Gasteiger partial charge in [-0.25, -0.2) is 9.18 Å². The first kappa shape index (κ1) is 20.7. The van der Waals surface area contributed by atoms with E-state index in [1.54, 1.807) is 30.3 Å². The Bertz CT molecular complexity index is 1140. The van der Waals surface area contributed by atoms with E-state index < -0.39 is 10.9 Å². The number of non-ortho nitro benzene ring substituents is 1. The second kappa shape index (κ2) is 9.07. The molecule has 2 heterocycles. The minimum absolute atomic E-state index is 0.0106. The van der Waals surface area contributed by atoms with E-state index in [2.05, 4.69) is 0 Å². The minimum atomic E-state index is -0.612. The van der Waals surface area contributed by atoms with E-state index in [9.17, 15) is 19.3 Å². The smallest absolute Gasteiger partial charge is 0.339 e. The van der Waals surface area contributed by atoms with Gasteiger partial charge in [-0.1, -0.05) is 18.2 Å². The van der Waals surface area contributed by atoms with Crippen LogP contribution in [0.25, 0.3) is 11.6 Å². The monoisotopic (exact) mass is 441 g/mol. The highest BCUT2D eigenvalue weighted by Gasteiger charge is 2.23. The third-order valence-corrected chi connectivity index (χ3v) is 5.43. The van der Waals surface area contributed by atoms with E-state index in [0.29, 0.717) is 32.9 Å². The van der Waals surface area contributed by atoms with Gasteiger partial charge in [0.05, 0.1) is 17.1 Å². The number of carbonyl (C=O) groups excluding carboxylic acids is 1. The Morgan fingerprint density at radius 3 is 2.77 bits per heavy atom. The fourth-order valence-electron chi connectivity index (χ4n) is 3.10. The van der Waals surface area contributed by atoms with E-state index in [1.807, 2.05) is 5.38 Å². The predicted octanol–water partition coefficient (Wildman–Crippen LogP) is 4.95. The second-order valence-corrected chi connectivity index (χ2v) is 7.57. The summed E-state index contributed by atoms with van der Waals surface area (Å²) in [7, 11) is 0. The molecule has 0 fully saturated rings. The van der Waals surface area contributed by atoms with Crippen molar-refractivity contribution in [1.29, 1.82) is 0 Å². The predicted molar refractivity (Wildman–Crippen MR) is 112 cm³/mol. The molecule has 158 valence electrons. The summed E-state index contributed by atoms with van der Waals surface area (Å²) in [5, 5.41) is 13.1. The van der Waals surface area contributed by atoms with Gasteiger partial charge < -0.3 is 14.2 Å². The highest BCUT2D eigenvalue weighted by molar-refractivity contribution is 7.11. The quantitative estimate of drug-likeness (QED) is 0.233. The summed E-state index contributed by atoms with van der Waals surface area (Å²) in [6, 6.07) is 12.0. The Morgan fingerprint density at radius 2 is 2.06 bits per heavy atom. The molecule has 0 atom stereocenters. The average Bonchev–Trinajstić information content (AvgIpc) is 3.31. The van der Waals surface area contributed by atoms with Crippen molar-refractivity contribution >= 4 is 34.6 Å². The fourth-order valence-corrected chi connectivity index (χ4v) is 3.83. The number of nitro groups is 1. The fraction of sp³-hybridized carbons (Fsp3) is 0.136. The molecule has 7 nitrogen and oxygen atoms in total. The molecular weight excluding hydrogens is 425 g/mol. The van der Waals surface area contributed by atoms with E-state index in [0.717, 1.165) is 0 Å². The molecule has 3 aromatic rings. The molecule has 0 saturated heterocycles. The zero-order valence-corrected chi connectivity index (χ0v) is 16.9. The van der Waals surface area contributed by atoms with Crippen LogP contribution in [0.1, 0.15) is 21.6 Å². The first-order valence-electron chi connectivity index (χ1n) is 9.20.